The van der Waals surface area contributed by atoms with Crippen molar-refractivity contribution in [2.45, 2.75) is 109 Å². The van der Waals surface area contributed by atoms with Crippen LogP contribution in [0.3, 0.4) is 0 Å². The van der Waals surface area contributed by atoms with Crippen LogP contribution >= 0.6 is 15.9 Å². The van der Waals surface area contributed by atoms with Gasteiger partial charge in [-0.15, -0.1) is 0 Å². The molecule has 44 heavy (non-hydrogen) atoms. The van der Waals surface area contributed by atoms with E-state index in [0.717, 1.165) is 40.4 Å². The summed E-state index contributed by atoms with van der Waals surface area (Å²) in [7, 11) is 0. The minimum Gasteiger partial charge on any atom is -0.479 e. The van der Waals surface area contributed by atoms with Crippen LogP contribution < -0.4 is 10.6 Å². The van der Waals surface area contributed by atoms with Crippen molar-refractivity contribution in [3.63, 3.8) is 0 Å². The molecule has 13 heteroatoms. The third-order valence-electron chi connectivity index (χ3n) is 8.85. The first-order valence-electron chi connectivity index (χ1n) is 15.2. The van der Waals surface area contributed by atoms with E-state index < -0.39 is 53.1 Å². The zero-order valence-electron chi connectivity index (χ0n) is 25.9. The summed E-state index contributed by atoms with van der Waals surface area (Å²) in [6.45, 7) is 9.31. The molecule has 12 nitrogen and oxygen atoms in total. The first-order chi connectivity index (χ1) is 20.7. The molecular weight excluding hydrogens is 632 g/mol. The second-order valence-electron chi connectivity index (χ2n) is 13.2. The molecule has 0 radical (unpaired) electrons. The molecule has 3 heterocycles. The number of hydrogen-bond donors (Lipinski definition) is 3. The van der Waals surface area contributed by atoms with Crippen molar-refractivity contribution in [3.8, 4) is 0 Å². The van der Waals surface area contributed by atoms with Gasteiger partial charge in [-0.05, 0) is 77.5 Å². The first kappa shape index (κ1) is 31.9. The summed E-state index contributed by atoms with van der Waals surface area (Å²) >= 11 is 3.58. The van der Waals surface area contributed by atoms with Gasteiger partial charge in [-0.2, -0.15) is 15.0 Å². The molecule has 2 aliphatic heterocycles. The molecule has 238 valence electrons. The van der Waals surface area contributed by atoms with E-state index in [9.17, 15) is 24.3 Å². The number of aliphatic carboxylic acids is 1. The Labute approximate surface area is 265 Å². The highest BCUT2D eigenvalue weighted by Gasteiger charge is 2.61. The number of nitrogens with one attached hydrogen (secondary N) is 2. The Morgan fingerprint density at radius 1 is 1.16 bits per heavy atom. The molecule has 0 bridgehead atoms. The lowest BCUT2D eigenvalue weighted by molar-refractivity contribution is -0.145. The molecule has 0 spiro atoms. The molecule has 1 saturated carbocycles. The van der Waals surface area contributed by atoms with Crippen molar-refractivity contribution in [1.29, 1.82) is 0 Å². The molecule has 1 aromatic heterocycles. The number of carboxylic acids is 1. The molecular formula is C31H41BrN6O6. The predicted octanol–water partition coefficient (Wildman–Crippen LogP) is 4.33. The van der Waals surface area contributed by atoms with Gasteiger partial charge in [0.1, 0.15) is 34.3 Å². The number of amides is 3. The Kier molecular flexibility index (Phi) is 8.80. The van der Waals surface area contributed by atoms with E-state index in [0.29, 0.717) is 18.4 Å². The zero-order valence-corrected chi connectivity index (χ0v) is 27.4. The highest BCUT2D eigenvalue weighted by molar-refractivity contribution is 9.10. The summed E-state index contributed by atoms with van der Waals surface area (Å²) in [5.41, 5.74) is 1.26. The molecule has 3 N–H and O–H groups in total. The number of allylic oxidation sites excluding steroid dienone is 1. The largest absolute Gasteiger partial charge is 0.479 e. The maximum atomic E-state index is 14.2. The number of benzene rings is 1. The second-order valence-corrected chi connectivity index (χ2v) is 14.1. The van der Waals surface area contributed by atoms with E-state index in [1.54, 1.807) is 25.6 Å². The van der Waals surface area contributed by atoms with Gasteiger partial charge in [0.2, 0.25) is 11.8 Å². The van der Waals surface area contributed by atoms with Crippen molar-refractivity contribution in [1.82, 2.24) is 30.5 Å². The maximum Gasteiger partial charge on any atom is 0.408 e. The summed E-state index contributed by atoms with van der Waals surface area (Å²) in [6, 6.07) is -0.457. The van der Waals surface area contributed by atoms with Gasteiger partial charge in [0, 0.05) is 23.4 Å². The van der Waals surface area contributed by atoms with Crippen LogP contribution in [0.4, 0.5) is 4.79 Å². The smallest absolute Gasteiger partial charge is 0.408 e. The minimum absolute atomic E-state index is 0.118. The Hall–Kier alpha value is -3.48. The lowest BCUT2D eigenvalue weighted by atomic mass is 10.0. The monoisotopic (exact) mass is 672 g/mol. The molecule has 5 rings (SSSR count). The number of rotatable bonds is 3. The Balaban J connectivity index is 1.49. The fourth-order valence-corrected chi connectivity index (χ4v) is 6.66. The quantitative estimate of drug-likeness (QED) is 0.407. The Morgan fingerprint density at radius 2 is 1.91 bits per heavy atom. The number of fused-ring (bicyclic) bond motifs is 3. The molecule has 0 unspecified atom stereocenters. The van der Waals surface area contributed by atoms with E-state index in [1.165, 1.54) is 4.90 Å². The van der Waals surface area contributed by atoms with Crippen molar-refractivity contribution < 1.29 is 29.0 Å². The lowest BCUT2D eigenvalue weighted by Crippen LogP contribution is -2.56. The van der Waals surface area contributed by atoms with Crippen LogP contribution in [-0.4, -0.2) is 78.6 Å². The van der Waals surface area contributed by atoms with Crippen LogP contribution in [0.25, 0.3) is 11.0 Å². The van der Waals surface area contributed by atoms with E-state index >= 15 is 0 Å². The third-order valence-corrected chi connectivity index (χ3v) is 9.67. The van der Waals surface area contributed by atoms with E-state index in [-0.39, 0.29) is 25.3 Å². The van der Waals surface area contributed by atoms with E-state index in [1.807, 2.05) is 32.1 Å². The summed E-state index contributed by atoms with van der Waals surface area (Å²) in [5, 5.41) is 25.1. The van der Waals surface area contributed by atoms with Crippen LogP contribution in [0, 0.1) is 19.8 Å². The zero-order chi connectivity index (χ0) is 32.0. The van der Waals surface area contributed by atoms with Gasteiger partial charge >= 0.3 is 12.1 Å². The molecule has 5 atom stereocenters. The van der Waals surface area contributed by atoms with Crippen LogP contribution in [0.1, 0.15) is 82.9 Å². The topological polar surface area (TPSA) is 156 Å². The van der Waals surface area contributed by atoms with Crippen LogP contribution in [0.15, 0.2) is 22.7 Å². The van der Waals surface area contributed by atoms with Crippen molar-refractivity contribution in [2.75, 3.05) is 6.54 Å². The molecule has 1 aromatic carbocycles. The van der Waals surface area contributed by atoms with E-state index in [4.69, 9.17) is 14.9 Å². The Bertz CT molecular complexity index is 1520. The fourth-order valence-electron chi connectivity index (χ4n) is 6.14. The number of halogens is 1. The van der Waals surface area contributed by atoms with Gasteiger partial charge in [0.25, 0.3) is 0 Å². The van der Waals surface area contributed by atoms with Crippen LogP contribution in [0.5, 0.6) is 0 Å². The number of aromatic nitrogens is 3. The minimum atomic E-state index is -1.41. The number of carbonyl (C=O) groups excluding carboxylic acids is 3. The standard InChI is InChI=1S/C31H41BrN6O6/c1-17-18(2)25-23(14-21(17)32)35-38(36-25)20-13-24-26(39)34-31(28(41)42)15-19(31)11-9-7-6-8-10-12-22(27(40)37(24)16-20)33-29(43)44-30(3,4)5/h9,11,14,19-20,22,24H,6-8,10,12-13,15-16H2,1-5H3,(H,33,43)(H,34,39)(H,41,42)/t19-,20+,22-,24+,31+/m1/s1. The third kappa shape index (κ3) is 6.47. The average molecular weight is 674 g/mol. The summed E-state index contributed by atoms with van der Waals surface area (Å²) in [5.74, 6) is -2.39. The number of alkyl carbamates (subject to hydrolysis) is 1. The fraction of sp³-hybridized carbons (Fsp3) is 0.613. The summed E-state index contributed by atoms with van der Waals surface area (Å²) in [6.07, 6.45) is 7.09. The summed E-state index contributed by atoms with van der Waals surface area (Å²) in [4.78, 5) is 56.2. The predicted molar refractivity (Wildman–Crippen MR) is 166 cm³/mol. The van der Waals surface area contributed by atoms with Gasteiger partial charge in [-0.1, -0.05) is 40.9 Å². The number of carbonyl (C=O) groups is 4. The molecule has 1 saturated heterocycles. The SMILES string of the molecule is Cc1c(Br)cc2nn([C@H]3C[C@H]4C(=O)N[C@@]5(C(=O)O)C[C@H]5C=CCCCCC[C@@H](NC(=O)OC(C)(C)C)C(=O)N4C3)nc2c1C. The number of aryl methyl sites for hydroxylation is 1. The molecule has 1 aliphatic carbocycles. The average Bonchev–Trinajstić information content (AvgIpc) is 3.25. The van der Waals surface area contributed by atoms with Crippen LogP contribution in [0.2, 0.25) is 0 Å². The highest BCUT2D eigenvalue weighted by atomic mass is 79.9. The van der Waals surface area contributed by atoms with Gasteiger partial charge in [0.15, 0.2) is 0 Å². The molecule has 2 aromatic rings. The molecule has 2 fully saturated rings. The Morgan fingerprint density at radius 3 is 2.61 bits per heavy atom. The van der Waals surface area contributed by atoms with Crippen molar-refractivity contribution in [2.24, 2.45) is 5.92 Å². The van der Waals surface area contributed by atoms with Crippen LogP contribution in [-0.2, 0) is 19.1 Å². The second kappa shape index (κ2) is 12.1. The van der Waals surface area contributed by atoms with Gasteiger partial charge in [-0.3, -0.25) is 9.59 Å². The maximum absolute atomic E-state index is 14.2. The van der Waals surface area contributed by atoms with Gasteiger partial charge in [0.05, 0.1) is 6.04 Å². The highest BCUT2D eigenvalue weighted by Crippen LogP contribution is 2.45. The lowest BCUT2D eigenvalue weighted by Gasteiger charge is -2.30. The number of hydrogen-bond acceptors (Lipinski definition) is 7. The number of nitrogens with zero attached hydrogens (tertiary/aromatic N) is 4. The molecule has 3 aliphatic rings. The molecule has 3 amide bonds. The number of ether oxygens (including phenoxy) is 1. The normalized spacial score (nSPS) is 28.0. The first-order valence-corrected chi connectivity index (χ1v) is 16.0. The van der Waals surface area contributed by atoms with Crippen molar-refractivity contribution >= 4 is 50.8 Å². The van der Waals surface area contributed by atoms with Gasteiger partial charge < -0.3 is 25.4 Å². The van der Waals surface area contributed by atoms with Crippen molar-refractivity contribution in [3.05, 3.63) is 33.8 Å². The van der Waals surface area contributed by atoms with E-state index in [2.05, 4.69) is 26.6 Å². The number of carboxylic acid groups (broad SMARTS) is 1. The summed E-state index contributed by atoms with van der Waals surface area (Å²) < 4.78 is 6.37. The van der Waals surface area contributed by atoms with Gasteiger partial charge in [-0.25, -0.2) is 9.59 Å².